The van der Waals surface area contributed by atoms with Crippen LogP contribution in [0.15, 0.2) is 33.5 Å². The lowest BCUT2D eigenvalue weighted by atomic mass is 9.99. The van der Waals surface area contributed by atoms with E-state index in [2.05, 4.69) is 0 Å². The average Bonchev–Trinajstić information content (AvgIpc) is 3.01. The van der Waals surface area contributed by atoms with Crippen molar-refractivity contribution in [2.45, 2.75) is 105 Å². The van der Waals surface area contributed by atoms with E-state index in [1.54, 1.807) is 0 Å². The predicted molar refractivity (Wildman–Crippen MR) is 171 cm³/mol. The summed E-state index contributed by atoms with van der Waals surface area (Å²) in [6.45, 7) is 7.55. The summed E-state index contributed by atoms with van der Waals surface area (Å²) in [5.74, 6) is -5.12. The first-order valence-electron chi connectivity index (χ1n) is 15.9. The molecule has 1 aromatic heterocycles. The van der Waals surface area contributed by atoms with Crippen molar-refractivity contribution in [2.24, 2.45) is 0 Å². The topological polar surface area (TPSA) is 167 Å². The number of unbranched alkanes of at least 4 members (excludes halogenated alkanes) is 4. The van der Waals surface area contributed by atoms with E-state index in [1.807, 2.05) is 27.7 Å². The van der Waals surface area contributed by atoms with Gasteiger partial charge in [0.15, 0.2) is 17.3 Å². The first-order chi connectivity index (χ1) is 22.1. The molecule has 0 radical (unpaired) electrons. The van der Waals surface area contributed by atoms with E-state index in [-0.39, 0.29) is 65.0 Å². The molecule has 0 spiro atoms. The van der Waals surface area contributed by atoms with Crippen molar-refractivity contribution >= 4 is 34.7 Å². The molecule has 2 aromatic carbocycles. The molecule has 0 saturated heterocycles. The van der Waals surface area contributed by atoms with E-state index < -0.39 is 46.4 Å². The summed E-state index contributed by atoms with van der Waals surface area (Å²) in [7, 11) is 0. The molecular formula is C35H42O11. The second-order valence-corrected chi connectivity index (χ2v) is 11.0. The van der Waals surface area contributed by atoms with E-state index in [0.717, 1.165) is 6.07 Å². The third-order valence-electron chi connectivity index (χ3n) is 7.18. The van der Waals surface area contributed by atoms with Gasteiger partial charge in [0.1, 0.15) is 33.8 Å². The Labute approximate surface area is 267 Å². The highest BCUT2D eigenvalue weighted by molar-refractivity contribution is 6.08. The fourth-order valence-corrected chi connectivity index (χ4v) is 4.64. The third-order valence-corrected chi connectivity index (χ3v) is 7.18. The van der Waals surface area contributed by atoms with E-state index in [1.165, 1.54) is 18.2 Å². The molecule has 0 unspecified atom stereocenters. The molecular weight excluding hydrogens is 596 g/mol. The lowest BCUT2D eigenvalue weighted by Crippen LogP contribution is -2.20. The van der Waals surface area contributed by atoms with Gasteiger partial charge < -0.3 is 28.8 Å². The van der Waals surface area contributed by atoms with Gasteiger partial charge in [-0.05, 0) is 37.8 Å². The maximum Gasteiger partial charge on any atom is 0.311 e. The monoisotopic (exact) mass is 638 g/mol. The fraction of sp³-hybridized carbons (Fsp3) is 0.457. The third kappa shape index (κ3) is 8.95. The van der Waals surface area contributed by atoms with Gasteiger partial charge >= 0.3 is 17.9 Å². The molecule has 248 valence electrons. The smallest absolute Gasteiger partial charge is 0.311 e. The maximum atomic E-state index is 14.3. The highest BCUT2D eigenvalue weighted by Crippen LogP contribution is 2.43. The Balaban J connectivity index is 2.46. The minimum Gasteiger partial charge on any atom is -0.508 e. The van der Waals surface area contributed by atoms with Gasteiger partial charge in [-0.15, -0.1) is 0 Å². The Hall–Kier alpha value is -4.67. The van der Waals surface area contributed by atoms with Gasteiger partial charge in [0, 0.05) is 37.8 Å². The summed E-state index contributed by atoms with van der Waals surface area (Å²) in [6.07, 6.45) is 4.66. The molecule has 0 amide bonds. The van der Waals surface area contributed by atoms with E-state index in [4.69, 9.17) is 18.6 Å². The molecule has 0 aliphatic heterocycles. The summed E-state index contributed by atoms with van der Waals surface area (Å²) in [6, 6.07) is 4.70. The normalized spacial score (nSPS) is 11.0. The Morgan fingerprint density at radius 3 is 1.76 bits per heavy atom. The number of esters is 3. The summed E-state index contributed by atoms with van der Waals surface area (Å²) >= 11 is 0. The number of aromatic hydroxyl groups is 2. The Bertz CT molecular complexity index is 1630. The zero-order valence-corrected chi connectivity index (χ0v) is 26.9. The first-order valence-corrected chi connectivity index (χ1v) is 15.9. The molecule has 3 aromatic rings. The number of phenols is 2. The minimum absolute atomic E-state index is 0.00465. The van der Waals surface area contributed by atoms with E-state index >= 15 is 0 Å². The van der Waals surface area contributed by atoms with Crippen LogP contribution in [-0.4, -0.2) is 33.9 Å². The summed E-state index contributed by atoms with van der Waals surface area (Å²) in [5, 5.41) is 20.2. The highest BCUT2D eigenvalue weighted by Gasteiger charge is 2.31. The number of hydrogen-bond acceptors (Lipinski definition) is 11. The molecule has 0 saturated carbocycles. The number of ketones is 1. The minimum atomic E-state index is -0.958. The summed E-state index contributed by atoms with van der Waals surface area (Å²) < 4.78 is 23.0. The zero-order valence-electron chi connectivity index (χ0n) is 26.9. The number of hydrogen-bond donors (Lipinski definition) is 2. The quantitative estimate of drug-likeness (QED) is 0.0852. The van der Waals surface area contributed by atoms with Gasteiger partial charge in [-0.2, -0.15) is 0 Å². The van der Waals surface area contributed by atoms with Gasteiger partial charge in [0.05, 0.1) is 5.56 Å². The van der Waals surface area contributed by atoms with Crippen molar-refractivity contribution in [1.29, 1.82) is 0 Å². The van der Waals surface area contributed by atoms with Crippen molar-refractivity contribution < 1.29 is 48.0 Å². The van der Waals surface area contributed by atoms with Crippen LogP contribution >= 0.6 is 0 Å². The van der Waals surface area contributed by atoms with Gasteiger partial charge in [-0.1, -0.05) is 53.4 Å². The number of phenolic OH excluding ortho intramolecular Hbond substituents is 2. The molecule has 11 nitrogen and oxygen atoms in total. The summed E-state index contributed by atoms with van der Waals surface area (Å²) in [5.41, 5.74) is -1.59. The van der Waals surface area contributed by atoms with Crippen molar-refractivity contribution in [2.75, 3.05) is 0 Å². The number of fused-ring (bicyclic) bond motifs is 1. The van der Waals surface area contributed by atoms with Crippen molar-refractivity contribution in [3.8, 4) is 40.1 Å². The molecule has 46 heavy (non-hydrogen) atoms. The van der Waals surface area contributed by atoms with Crippen LogP contribution in [0.2, 0.25) is 0 Å². The molecule has 0 fully saturated rings. The SMILES string of the molecule is CCCCC(=O)Oc1cc2oc(-c3ccc(O)cc3O)c(OC(=O)CCCC)c(=O)c2c(OC(=O)CCCC)c1C(=O)CCCC. The molecule has 0 bridgehead atoms. The van der Waals surface area contributed by atoms with Gasteiger partial charge in [0.2, 0.25) is 11.2 Å². The molecule has 0 aliphatic carbocycles. The molecule has 0 aliphatic rings. The second-order valence-electron chi connectivity index (χ2n) is 11.0. The number of rotatable bonds is 17. The standard InChI is InChI=1S/C35H42O11/c1-5-9-13-23(37)30-25(43-27(39)14-10-6-2)20-26-31(34(30)45-28(40)15-11-7-3)32(42)35(46-29(41)16-12-8-4)33(44-26)22-18-17-21(36)19-24(22)38/h17-20,36,38H,5-16H2,1-4H3. The van der Waals surface area contributed by atoms with Crippen LogP contribution in [0, 0.1) is 0 Å². The Morgan fingerprint density at radius 1 is 0.696 bits per heavy atom. The van der Waals surface area contributed by atoms with Crippen LogP contribution in [-0.2, 0) is 14.4 Å². The first kappa shape index (κ1) is 35.8. The van der Waals surface area contributed by atoms with Gasteiger partial charge in [0.25, 0.3) is 0 Å². The largest absolute Gasteiger partial charge is 0.508 e. The Morgan fingerprint density at radius 2 is 1.22 bits per heavy atom. The number of ether oxygens (including phenoxy) is 3. The van der Waals surface area contributed by atoms with Crippen molar-refractivity contribution in [1.82, 2.24) is 0 Å². The van der Waals surface area contributed by atoms with E-state index in [0.29, 0.717) is 51.4 Å². The van der Waals surface area contributed by atoms with Crippen molar-refractivity contribution in [3.63, 3.8) is 0 Å². The predicted octanol–water partition coefficient (Wildman–Crippen LogP) is 7.53. The maximum absolute atomic E-state index is 14.3. The van der Waals surface area contributed by atoms with Gasteiger partial charge in [-0.3, -0.25) is 24.0 Å². The van der Waals surface area contributed by atoms with Gasteiger partial charge in [-0.25, -0.2) is 0 Å². The average molecular weight is 639 g/mol. The second kappa shape index (κ2) is 17.1. The molecule has 1 heterocycles. The molecule has 3 rings (SSSR count). The number of benzene rings is 2. The van der Waals surface area contributed by atoms with Crippen LogP contribution in [0.25, 0.3) is 22.3 Å². The van der Waals surface area contributed by atoms with Crippen LogP contribution in [0.5, 0.6) is 28.7 Å². The zero-order chi connectivity index (χ0) is 33.8. The highest BCUT2D eigenvalue weighted by atomic mass is 16.6. The Kier molecular flexibility index (Phi) is 13.3. The van der Waals surface area contributed by atoms with Crippen LogP contribution < -0.4 is 19.6 Å². The fourth-order valence-electron chi connectivity index (χ4n) is 4.64. The number of carbonyl (C=O) groups is 4. The lowest BCUT2D eigenvalue weighted by molar-refractivity contribution is -0.135. The number of Topliss-reactive ketones (excluding diaryl/α,β-unsaturated/α-hetero) is 1. The summed E-state index contributed by atoms with van der Waals surface area (Å²) in [4.78, 5) is 66.6. The van der Waals surface area contributed by atoms with Crippen LogP contribution in [0.1, 0.15) is 115 Å². The molecule has 0 atom stereocenters. The molecule has 2 N–H and O–H groups in total. The number of carbonyl (C=O) groups excluding carboxylic acids is 4. The van der Waals surface area contributed by atoms with Crippen LogP contribution in [0.3, 0.4) is 0 Å². The molecule has 11 heteroatoms. The van der Waals surface area contributed by atoms with Crippen LogP contribution in [0.4, 0.5) is 0 Å². The van der Waals surface area contributed by atoms with E-state index in [9.17, 15) is 34.2 Å². The lowest BCUT2D eigenvalue weighted by Gasteiger charge is -2.18. The van der Waals surface area contributed by atoms with Crippen molar-refractivity contribution in [3.05, 3.63) is 40.1 Å².